The first-order valence-corrected chi connectivity index (χ1v) is 8.96. The molecule has 160 valence electrons. The lowest BCUT2D eigenvalue weighted by Crippen LogP contribution is -2.66. The van der Waals surface area contributed by atoms with Gasteiger partial charge in [0.15, 0.2) is 18.5 Å². The Morgan fingerprint density at radius 3 is 2.24 bits per heavy atom. The van der Waals surface area contributed by atoms with Crippen molar-refractivity contribution in [2.45, 2.75) is 51.1 Å². The minimum Gasteiger partial charge on any atom is -0.456 e. The highest BCUT2D eigenvalue weighted by atomic mass is 16.7. The van der Waals surface area contributed by atoms with E-state index in [1.165, 1.54) is 14.0 Å². The molecule has 1 aromatic carbocycles. The van der Waals surface area contributed by atoms with Crippen molar-refractivity contribution in [2.75, 3.05) is 13.7 Å². The van der Waals surface area contributed by atoms with Gasteiger partial charge in [0, 0.05) is 21.0 Å². The number of methoxy groups -OCH3 is 1. The Morgan fingerprint density at radius 1 is 1.07 bits per heavy atom. The maximum atomic E-state index is 12.3. The Morgan fingerprint density at radius 2 is 1.69 bits per heavy atom. The Kier molecular flexibility index (Phi) is 8.37. The molecule has 1 saturated heterocycles. The van der Waals surface area contributed by atoms with Gasteiger partial charge in [-0.3, -0.25) is 9.59 Å². The predicted molar refractivity (Wildman–Crippen MR) is 97.4 cm³/mol. The first kappa shape index (κ1) is 22.6. The smallest absolute Gasteiger partial charge is 0.407 e. The molecule has 0 spiro atoms. The van der Waals surface area contributed by atoms with E-state index in [0.717, 1.165) is 12.5 Å². The van der Waals surface area contributed by atoms with Crippen LogP contribution in [-0.2, 0) is 39.9 Å². The number of carbonyl (C=O) groups excluding carboxylic acids is 3. The van der Waals surface area contributed by atoms with Crippen LogP contribution in [0.3, 0.4) is 0 Å². The van der Waals surface area contributed by atoms with E-state index in [4.69, 9.17) is 23.7 Å². The topological polar surface area (TPSA) is 130 Å². The normalized spacial score (nSPS) is 26.3. The van der Waals surface area contributed by atoms with Crippen LogP contribution in [0.1, 0.15) is 19.4 Å². The summed E-state index contributed by atoms with van der Waals surface area (Å²) in [6, 6.07) is 7.98. The third-order valence-corrected chi connectivity index (χ3v) is 4.16. The molecule has 1 amide bonds. The number of benzene rings is 1. The minimum atomic E-state index is -1.17. The van der Waals surface area contributed by atoms with Gasteiger partial charge in [0.05, 0.1) is 6.61 Å². The van der Waals surface area contributed by atoms with E-state index in [1.807, 2.05) is 18.2 Å². The Labute approximate surface area is 168 Å². The van der Waals surface area contributed by atoms with E-state index in [2.05, 4.69) is 5.32 Å². The van der Waals surface area contributed by atoms with E-state index in [-0.39, 0.29) is 6.61 Å². The molecule has 10 heteroatoms. The summed E-state index contributed by atoms with van der Waals surface area (Å²) in [7, 11) is 1.32. The van der Waals surface area contributed by atoms with E-state index in [1.54, 1.807) is 12.1 Å². The number of aliphatic hydroxyl groups excluding tert-OH is 1. The van der Waals surface area contributed by atoms with Gasteiger partial charge in [0.1, 0.15) is 18.8 Å². The van der Waals surface area contributed by atoms with Crippen molar-refractivity contribution < 1.29 is 43.2 Å². The molecule has 1 fully saturated rings. The van der Waals surface area contributed by atoms with E-state index >= 15 is 0 Å². The van der Waals surface area contributed by atoms with Crippen LogP contribution in [0.25, 0.3) is 0 Å². The number of alkyl carbamates (subject to hydrolysis) is 1. The molecule has 2 N–H and O–H groups in total. The summed E-state index contributed by atoms with van der Waals surface area (Å²) in [6.07, 6.45) is -5.26. The molecule has 5 atom stereocenters. The van der Waals surface area contributed by atoms with Gasteiger partial charge in [-0.2, -0.15) is 0 Å². The number of nitrogens with one attached hydrogen (secondary N) is 1. The standard InChI is InChI=1S/C19H25NO9/c1-11(22)27-16-14(9-21)29-18(25-3)15(17(16)28-12(2)23)20-19(24)26-10-13-7-5-4-6-8-13/h4-8,14-18,21H,9-10H2,1-3H3,(H,20,24)/t14-,15-,16-,17-,18+/m1/s1. The van der Waals surface area contributed by atoms with Crippen LogP contribution in [0.2, 0.25) is 0 Å². The number of carbonyl (C=O) groups is 3. The van der Waals surface area contributed by atoms with Gasteiger partial charge >= 0.3 is 18.0 Å². The lowest BCUT2D eigenvalue weighted by Gasteiger charge is -2.44. The Bertz CT molecular complexity index is 696. The molecule has 1 aliphatic rings. The summed E-state index contributed by atoms with van der Waals surface area (Å²) < 4.78 is 26.5. The molecular weight excluding hydrogens is 386 g/mol. The van der Waals surface area contributed by atoms with Crippen LogP contribution in [0.5, 0.6) is 0 Å². The van der Waals surface area contributed by atoms with Crippen molar-refractivity contribution in [2.24, 2.45) is 0 Å². The van der Waals surface area contributed by atoms with Crippen LogP contribution >= 0.6 is 0 Å². The van der Waals surface area contributed by atoms with Crippen LogP contribution in [0.4, 0.5) is 4.79 Å². The molecule has 0 aromatic heterocycles. The van der Waals surface area contributed by atoms with E-state index < -0.39 is 55.3 Å². The molecular formula is C19H25NO9. The molecule has 1 heterocycles. The Balaban J connectivity index is 2.17. The first-order chi connectivity index (χ1) is 13.8. The largest absolute Gasteiger partial charge is 0.456 e. The van der Waals surface area contributed by atoms with Gasteiger partial charge in [-0.25, -0.2) is 4.79 Å². The third-order valence-electron chi connectivity index (χ3n) is 4.16. The maximum Gasteiger partial charge on any atom is 0.407 e. The van der Waals surface area contributed by atoms with Gasteiger partial charge < -0.3 is 34.1 Å². The highest BCUT2D eigenvalue weighted by Crippen LogP contribution is 2.27. The molecule has 0 radical (unpaired) electrons. The number of aliphatic hydroxyl groups is 1. The van der Waals surface area contributed by atoms with Crippen molar-refractivity contribution in [3.05, 3.63) is 35.9 Å². The summed E-state index contributed by atoms with van der Waals surface area (Å²) >= 11 is 0. The number of hydrogen-bond donors (Lipinski definition) is 2. The van der Waals surface area contributed by atoms with Crippen LogP contribution in [0.15, 0.2) is 30.3 Å². The van der Waals surface area contributed by atoms with Crippen LogP contribution < -0.4 is 5.32 Å². The maximum absolute atomic E-state index is 12.3. The van der Waals surface area contributed by atoms with Crippen LogP contribution in [0, 0.1) is 0 Å². The quantitative estimate of drug-likeness (QED) is 0.487. The van der Waals surface area contributed by atoms with Gasteiger partial charge in [0.25, 0.3) is 0 Å². The fourth-order valence-corrected chi connectivity index (χ4v) is 2.97. The summed E-state index contributed by atoms with van der Waals surface area (Å²) in [5.74, 6) is -1.35. The van der Waals surface area contributed by atoms with Gasteiger partial charge in [-0.1, -0.05) is 30.3 Å². The van der Waals surface area contributed by atoms with Crippen molar-refractivity contribution in [1.82, 2.24) is 5.32 Å². The number of rotatable bonds is 7. The third kappa shape index (κ3) is 6.41. The molecule has 10 nitrogen and oxygen atoms in total. The fourth-order valence-electron chi connectivity index (χ4n) is 2.97. The molecule has 2 rings (SSSR count). The minimum absolute atomic E-state index is 0.0166. The molecule has 1 aromatic rings. The fraction of sp³-hybridized carbons (Fsp3) is 0.526. The molecule has 1 aliphatic heterocycles. The van der Waals surface area contributed by atoms with Crippen molar-refractivity contribution >= 4 is 18.0 Å². The van der Waals surface area contributed by atoms with Crippen LogP contribution in [-0.4, -0.2) is 67.5 Å². The lowest BCUT2D eigenvalue weighted by atomic mass is 9.96. The predicted octanol–water partition coefficient (Wildman–Crippen LogP) is 0.508. The molecule has 29 heavy (non-hydrogen) atoms. The monoisotopic (exact) mass is 411 g/mol. The molecule has 0 aliphatic carbocycles. The summed E-state index contributed by atoms with van der Waals surface area (Å²) in [6.45, 7) is 1.82. The second-order valence-corrected chi connectivity index (χ2v) is 6.34. The molecule has 0 unspecified atom stereocenters. The lowest BCUT2D eigenvalue weighted by molar-refractivity contribution is -0.270. The SMILES string of the molecule is CO[C@H]1O[C@H](CO)[C@@H](OC(C)=O)[C@H](OC(C)=O)[C@H]1NC(=O)OCc1ccccc1. The van der Waals surface area contributed by atoms with E-state index in [0.29, 0.717) is 0 Å². The highest BCUT2D eigenvalue weighted by molar-refractivity contribution is 5.69. The number of amides is 1. The number of ether oxygens (including phenoxy) is 5. The zero-order chi connectivity index (χ0) is 21.4. The average molecular weight is 411 g/mol. The number of esters is 2. The van der Waals surface area contributed by atoms with Gasteiger partial charge in [0.2, 0.25) is 0 Å². The summed E-state index contributed by atoms with van der Waals surface area (Å²) in [4.78, 5) is 35.4. The Hall–Kier alpha value is -2.69. The first-order valence-electron chi connectivity index (χ1n) is 8.96. The number of hydrogen-bond acceptors (Lipinski definition) is 9. The molecule has 0 saturated carbocycles. The second-order valence-electron chi connectivity index (χ2n) is 6.34. The average Bonchev–Trinajstić information content (AvgIpc) is 2.69. The van der Waals surface area contributed by atoms with Gasteiger partial charge in [-0.05, 0) is 5.56 Å². The van der Waals surface area contributed by atoms with Crippen molar-refractivity contribution in [1.29, 1.82) is 0 Å². The second kappa shape index (κ2) is 10.7. The summed E-state index contributed by atoms with van der Waals surface area (Å²) in [5.41, 5.74) is 0.778. The van der Waals surface area contributed by atoms with Gasteiger partial charge in [-0.15, -0.1) is 0 Å². The summed E-state index contributed by atoms with van der Waals surface area (Å²) in [5, 5.41) is 12.1. The zero-order valence-corrected chi connectivity index (χ0v) is 16.4. The van der Waals surface area contributed by atoms with E-state index in [9.17, 15) is 19.5 Å². The zero-order valence-electron chi connectivity index (χ0n) is 16.4. The highest BCUT2D eigenvalue weighted by Gasteiger charge is 2.50. The molecule has 0 bridgehead atoms. The van der Waals surface area contributed by atoms with Crippen molar-refractivity contribution in [3.63, 3.8) is 0 Å². The van der Waals surface area contributed by atoms with Crippen molar-refractivity contribution in [3.8, 4) is 0 Å².